The molecule has 1 rings (SSSR count). The zero-order chi connectivity index (χ0) is 13.5. The van der Waals surface area contributed by atoms with E-state index in [0.29, 0.717) is 23.6 Å². The molecule has 0 saturated heterocycles. The molecule has 2 nitrogen and oxygen atoms in total. The number of rotatable bonds is 6. The molecule has 1 amide bonds. The number of hydrogen-bond donors (Lipinski definition) is 1. The van der Waals surface area contributed by atoms with Crippen LogP contribution in [0.1, 0.15) is 35.7 Å². The van der Waals surface area contributed by atoms with Crippen molar-refractivity contribution in [1.29, 1.82) is 0 Å². The molecule has 0 aliphatic rings. The molecule has 1 aromatic carbocycles. The van der Waals surface area contributed by atoms with Gasteiger partial charge in [-0.3, -0.25) is 4.79 Å². The Morgan fingerprint density at radius 2 is 2.22 bits per heavy atom. The SMILES string of the molecule is CCC(CCBr)CNC(=O)c1ccc(F)cc1C. The van der Waals surface area contributed by atoms with Gasteiger partial charge in [-0.15, -0.1) is 0 Å². The van der Waals surface area contributed by atoms with E-state index in [0.717, 1.165) is 18.2 Å². The van der Waals surface area contributed by atoms with Crippen molar-refractivity contribution in [3.8, 4) is 0 Å². The van der Waals surface area contributed by atoms with E-state index in [1.54, 1.807) is 6.92 Å². The van der Waals surface area contributed by atoms with E-state index in [2.05, 4.69) is 28.2 Å². The summed E-state index contributed by atoms with van der Waals surface area (Å²) in [6.45, 7) is 4.52. The number of alkyl halides is 1. The highest BCUT2D eigenvalue weighted by molar-refractivity contribution is 9.09. The van der Waals surface area contributed by atoms with E-state index in [4.69, 9.17) is 0 Å². The van der Waals surface area contributed by atoms with Gasteiger partial charge in [0, 0.05) is 17.4 Å². The molecule has 1 aromatic rings. The number of carbonyl (C=O) groups is 1. The molecule has 1 N–H and O–H groups in total. The van der Waals surface area contributed by atoms with E-state index in [1.165, 1.54) is 18.2 Å². The number of nitrogens with one attached hydrogen (secondary N) is 1. The third-order valence-corrected chi connectivity index (χ3v) is 3.54. The van der Waals surface area contributed by atoms with E-state index < -0.39 is 0 Å². The van der Waals surface area contributed by atoms with Crippen LogP contribution in [-0.2, 0) is 0 Å². The summed E-state index contributed by atoms with van der Waals surface area (Å²) in [6, 6.07) is 4.23. The maximum Gasteiger partial charge on any atom is 0.251 e. The van der Waals surface area contributed by atoms with Crippen LogP contribution in [0.2, 0.25) is 0 Å². The Morgan fingerprint density at radius 1 is 1.50 bits per heavy atom. The lowest BCUT2D eigenvalue weighted by molar-refractivity contribution is 0.0946. The topological polar surface area (TPSA) is 29.1 Å². The first-order chi connectivity index (χ1) is 8.58. The zero-order valence-corrected chi connectivity index (χ0v) is 12.4. The minimum atomic E-state index is -0.310. The first-order valence-electron chi connectivity index (χ1n) is 6.18. The lowest BCUT2D eigenvalue weighted by Gasteiger charge is -2.15. The summed E-state index contributed by atoms with van der Waals surface area (Å²) >= 11 is 3.41. The van der Waals surface area contributed by atoms with E-state index >= 15 is 0 Å². The zero-order valence-electron chi connectivity index (χ0n) is 10.8. The summed E-state index contributed by atoms with van der Waals surface area (Å²) in [5.74, 6) is 0.0457. The van der Waals surface area contributed by atoms with Gasteiger partial charge in [0.25, 0.3) is 5.91 Å². The normalized spacial score (nSPS) is 12.2. The van der Waals surface area contributed by atoms with Crippen molar-refractivity contribution < 1.29 is 9.18 Å². The smallest absolute Gasteiger partial charge is 0.251 e. The molecule has 0 spiro atoms. The highest BCUT2D eigenvalue weighted by Gasteiger charge is 2.12. The second kappa shape index (κ2) is 7.52. The van der Waals surface area contributed by atoms with Crippen LogP contribution in [0.4, 0.5) is 4.39 Å². The highest BCUT2D eigenvalue weighted by atomic mass is 79.9. The Labute approximate surface area is 116 Å². The minimum Gasteiger partial charge on any atom is -0.352 e. The van der Waals surface area contributed by atoms with Crippen LogP contribution >= 0.6 is 15.9 Å². The quantitative estimate of drug-likeness (QED) is 0.797. The molecule has 0 aliphatic carbocycles. The first-order valence-corrected chi connectivity index (χ1v) is 7.31. The molecule has 4 heteroatoms. The number of hydrogen-bond acceptors (Lipinski definition) is 1. The van der Waals surface area contributed by atoms with Crippen LogP contribution in [0, 0.1) is 18.7 Å². The van der Waals surface area contributed by atoms with Crippen LogP contribution in [0.25, 0.3) is 0 Å². The van der Waals surface area contributed by atoms with Crippen molar-refractivity contribution in [2.75, 3.05) is 11.9 Å². The average Bonchev–Trinajstić information content (AvgIpc) is 2.34. The minimum absolute atomic E-state index is 0.125. The van der Waals surface area contributed by atoms with Gasteiger partial charge in [0.1, 0.15) is 5.82 Å². The standard InChI is InChI=1S/C14H19BrFNO/c1-3-11(6-7-15)9-17-14(18)13-5-4-12(16)8-10(13)2/h4-5,8,11H,3,6-7,9H2,1-2H3,(H,17,18). The largest absolute Gasteiger partial charge is 0.352 e. The molecule has 0 bridgehead atoms. The molecular formula is C14H19BrFNO. The lowest BCUT2D eigenvalue weighted by atomic mass is 10.0. The molecule has 18 heavy (non-hydrogen) atoms. The predicted octanol–water partition coefficient (Wildman–Crippen LogP) is 3.68. The number of benzene rings is 1. The lowest BCUT2D eigenvalue weighted by Crippen LogP contribution is -2.29. The molecule has 0 saturated carbocycles. The monoisotopic (exact) mass is 315 g/mol. The fourth-order valence-corrected chi connectivity index (χ4v) is 2.47. The Bertz CT molecular complexity index is 409. The van der Waals surface area contributed by atoms with Gasteiger partial charge >= 0.3 is 0 Å². The van der Waals surface area contributed by atoms with Crippen molar-refractivity contribution in [1.82, 2.24) is 5.32 Å². The summed E-state index contributed by atoms with van der Waals surface area (Å²) in [7, 11) is 0. The van der Waals surface area contributed by atoms with Gasteiger partial charge in [-0.25, -0.2) is 4.39 Å². The summed E-state index contributed by atoms with van der Waals surface area (Å²) in [4.78, 5) is 12.0. The third kappa shape index (κ3) is 4.41. The number of amides is 1. The van der Waals surface area contributed by atoms with Crippen molar-refractivity contribution in [2.24, 2.45) is 5.92 Å². The van der Waals surface area contributed by atoms with Crippen molar-refractivity contribution >= 4 is 21.8 Å². The maximum absolute atomic E-state index is 12.9. The van der Waals surface area contributed by atoms with Gasteiger partial charge in [0.15, 0.2) is 0 Å². The molecule has 1 atom stereocenters. The molecule has 1 unspecified atom stereocenters. The Balaban J connectivity index is 2.59. The highest BCUT2D eigenvalue weighted by Crippen LogP contribution is 2.12. The average molecular weight is 316 g/mol. The second-order valence-corrected chi connectivity index (χ2v) is 5.21. The first kappa shape index (κ1) is 15.2. The van der Waals surface area contributed by atoms with Gasteiger partial charge in [0.05, 0.1) is 0 Å². The van der Waals surface area contributed by atoms with Crippen LogP contribution in [0.3, 0.4) is 0 Å². The number of aryl methyl sites for hydroxylation is 1. The number of halogens is 2. The van der Waals surface area contributed by atoms with Crippen LogP contribution in [0.15, 0.2) is 18.2 Å². The maximum atomic E-state index is 12.9. The Hall–Kier alpha value is -0.900. The Morgan fingerprint density at radius 3 is 2.78 bits per heavy atom. The molecule has 0 radical (unpaired) electrons. The van der Waals surface area contributed by atoms with Gasteiger partial charge in [0.2, 0.25) is 0 Å². The summed E-state index contributed by atoms with van der Waals surface area (Å²) < 4.78 is 12.9. The Kier molecular flexibility index (Phi) is 6.33. The summed E-state index contributed by atoms with van der Waals surface area (Å²) in [5, 5.41) is 3.85. The summed E-state index contributed by atoms with van der Waals surface area (Å²) in [5.41, 5.74) is 1.21. The van der Waals surface area contributed by atoms with Crippen molar-refractivity contribution in [3.63, 3.8) is 0 Å². The predicted molar refractivity (Wildman–Crippen MR) is 75.7 cm³/mol. The molecule has 100 valence electrons. The molecule has 0 heterocycles. The fraction of sp³-hybridized carbons (Fsp3) is 0.500. The van der Waals surface area contributed by atoms with Crippen molar-refractivity contribution in [3.05, 3.63) is 35.1 Å². The van der Waals surface area contributed by atoms with Gasteiger partial charge in [-0.05, 0) is 43.0 Å². The van der Waals surface area contributed by atoms with Crippen LogP contribution in [0.5, 0.6) is 0 Å². The van der Waals surface area contributed by atoms with Crippen LogP contribution < -0.4 is 5.32 Å². The van der Waals surface area contributed by atoms with E-state index in [-0.39, 0.29) is 11.7 Å². The van der Waals surface area contributed by atoms with Crippen LogP contribution in [-0.4, -0.2) is 17.8 Å². The third-order valence-electron chi connectivity index (χ3n) is 3.08. The van der Waals surface area contributed by atoms with E-state index in [9.17, 15) is 9.18 Å². The molecule has 0 aromatic heterocycles. The van der Waals surface area contributed by atoms with Gasteiger partial charge in [-0.2, -0.15) is 0 Å². The molecular weight excluding hydrogens is 297 g/mol. The number of carbonyl (C=O) groups excluding carboxylic acids is 1. The summed E-state index contributed by atoms with van der Waals surface area (Å²) in [6.07, 6.45) is 2.08. The van der Waals surface area contributed by atoms with Gasteiger partial charge < -0.3 is 5.32 Å². The molecule has 0 fully saturated rings. The van der Waals surface area contributed by atoms with Crippen molar-refractivity contribution in [2.45, 2.75) is 26.7 Å². The second-order valence-electron chi connectivity index (χ2n) is 4.42. The molecule has 0 aliphatic heterocycles. The van der Waals surface area contributed by atoms with Gasteiger partial charge in [-0.1, -0.05) is 29.3 Å². The fourth-order valence-electron chi connectivity index (χ4n) is 1.82. The van der Waals surface area contributed by atoms with E-state index in [1.807, 2.05) is 0 Å².